The van der Waals surface area contributed by atoms with Gasteiger partial charge in [0.2, 0.25) is 5.91 Å². The van der Waals surface area contributed by atoms with Gasteiger partial charge in [-0.3, -0.25) is 9.48 Å². The summed E-state index contributed by atoms with van der Waals surface area (Å²) in [6, 6.07) is -0.220. The number of carbonyl (C=O) groups is 1. The van der Waals surface area contributed by atoms with E-state index in [9.17, 15) is 4.79 Å². The topological polar surface area (TPSA) is 71.8 Å². The third-order valence-electron chi connectivity index (χ3n) is 1.88. The molecule has 1 rings (SSSR count). The zero-order chi connectivity index (χ0) is 10.6. The van der Waals surface area contributed by atoms with E-state index < -0.39 is 0 Å². The molecule has 0 radical (unpaired) electrons. The molecule has 0 aliphatic carbocycles. The number of hydrogen-bond donors (Lipinski definition) is 2. The van der Waals surface area contributed by atoms with Gasteiger partial charge in [0.15, 0.2) is 0 Å². The molecule has 0 fully saturated rings. The highest BCUT2D eigenvalue weighted by Crippen LogP contribution is 1.91. The van der Waals surface area contributed by atoms with Crippen LogP contribution in [-0.2, 0) is 18.4 Å². The minimum Gasteiger partial charge on any atom is -0.358 e. The van der Waals surface area contributed by atoms with Crippen molar-refractivity contribution in [1.29, 1.82) is 0 Å². The largest absolute Gasteiger partial charge is 0.358 e. The van der Waals surface area contributed by atoms with E-state index in [-0.39, 0.29) is 11.9 Å². The smallest absolute Gasteiger partial charge is 0.236 e. The minimum absolute atomic E-state index is 0.0334. The Bertz CT molecular complexity index is 308. The normalized spacial score (nSPS) is 12.5. The Morgan fingerprint density at radius 2 is 2.43 bits per heavy atom. The SMILES string of the molecule is CNC(=O)C(C)NCc1cn(C)nn1. The van der Waals surface area contributed by atoms with Crippen molar-refractivity contribution in [2.75, 3.05) is 7.05 Å². The van der Waals surface area contributed by atoms with Gasteiger partial charge in [-0.1, -0.05) is 5.21 Å². The first-order valence-electron chi connectivity index (χ1n) is 4.43. The molecule has 1 aromatic rings. The molecule has 1 amide bonds. The van der Waals surface area contributed by atoms with Gasteiger partial charge in [-0.15, -0.1) is 5.10 Å². The molecule has 0 saturated carbocycles. The Hall–Kier alpha value is -1.43. The van der Waals surface area contributed by atoms with Crippen LogP contribution in [0.4, 0.5) is 0 Å². The van der Waals surface area contributed by atoms with Gasteiger partial charge in [0, 0.05) is 26.8 Å². The first-order chi connectivity index (χ1) is 6.63. The van der Waals surface area contributed by atoms with E-state index in [1.165, 1.54) is 0 Å². The lowest BCUT2D eigenvalue weighted by atomic mass is 10.3. The van der Waals surface area contributed by atoms with Gasteiger partial charge in [0.25, 0.3) is 0 Å². The van der Waals surface area contributed by atoms with Gasteiger partial charge in [-0.05, 0) is 6.92 Å². The third kappa shape index (κ3) is 2.81. The highest BCUT2D eigenvalue weighted by molar-refractivity contribution is 5.80. The number of nitrogens with zero attached hydrogens (tertiary/aromatic N) is 3. The maximum absolute atomic E-state index is 11.1. The van der Waals surface area contributed by atoms with Gasteiger partial charge in [-0.2, -0.15) is 0 Å². The van der Waals surface area contributed by atoms with Crippen LogP contribution >= 0.6 is 0 Å². The summed E-state index contributed by atoms with van der Waals surface area (Å²) in [6.45, 7) is 2.34. The minimum atomic E-state index is -0.220. The lowest BCUT2D eigenvalue weighted by Crippen LogP contribution is -2.40. The molecule has 1 atom stereocenters. The summed E-state index contributed by atoms with van der Waals surface area (Å²) in [5.74, 6) is -0.0334. The van der Waals surface area contributed by atoms with Crippen molar-refractivity contribution < 1.29 is 4.79 Å². The summed E-state index contributed by atoms with van der Waals surface area (Å²) < 4.78 is 1.63. The molecule has 0 spiro atoms. The monoisotopic (exact) mass is 197 g/mol. The van der Waals surface area contributed by atoms with Crippen LogP contribution in [0.15, 0.2) is 6.20 Å². The number of hydrogen-bond acceptors (Lipinski definition) is 4. The summed E-state index contributed by atoms with van der Waals surface area (Å²) in [6.07, 6.45) is 1.81. The van der Waals surface area contributed by atoms with Crippen molar-refractivity contribution in [2.24, 2.45) is 7.05 Å². The van der Waals surface area contributed by atoms with Gasteiger partial charge < -0.3 is 10.6 Å². The third-order valence-corrected chi connectivity index (χ3v) is 1.88. The van der Waals surface area contributed by atoms with E-state index in [1.54, 1.807) is 25.7 Å². The van der Waals surface area contributed by atoms with Crippen molar-refractivity contribution in [3.8, 4) is 0 Å². The maximum Gasteiger partial charge on any atom is 0.236 e. The van der Waals surface area contributed by atoms with E-state index in [4.69, 9.17) is 0 Å². The molecule has 0 aliphatic heterocycles. The van der Waals surface area contributed by atoms with E-state index in [1.807, 2.05) is 6.20 Å². The van der Waals surface area contributed by atoms with Crippen LogP contribution in [0.5, 0.6) is 0 Å². The zero-order valence-corrected chi connectivity index (χ0v) is 8.61. The number of aromatic nitrogens is 3. The van der Waals surface area contributed by atoms with Crippen molar-refractivity contribution >= 4 is 5.91 Å². The molecule has 14 heavy (non-hydrogen) atoms. The van der Waals surface area contributed by atoms with Crippen LogP contribution in [0.25, 0.3) is 0 Å². The molecule has 78 valence electrons. The van der Waals surface area contributed by atoms with E-state index in [2.05, 4.69) is 20.9 Å². The van der Waals surface area contributed by atoms with Crippen LogP contribution in [0.2, 0.25) is 0 Å². The van der Waals surface area contributed by atoms with Gasteiger partial charge in [0.1, 0.15) is 0 Å². The Morgan fingerprint density at radius 1 is 1.71 bits per heavy atom. The van der Waals surface area contributed by atoms with Crippen LogP contribution in [0.3, 0.4) is 0 Å². The molecule has 2 N–H and O–H groups in total. The molecule has 0 bridgehead atoms. The summed E-state index contributed by atoms with van der Waals surface area (Å²) in [5, 5.41) is 13.3. The van der Waals surface area contributed by atoms with Gasteiger partial charge >= 0.3 is 0 Å². The molecular weight excluding hydrogens is 182 g/mol. The predicted octanol–water partition coefficient (Wildman–Crippen LogP) is -0.961. The number of aryl methyl sites for hydroxylation is 1. The fourth-order valence-corrected chi connectivity index (χ4v) is 1.04. The first-order valence-corrected chi connectivity index (χ1v) is 4.43. The quantitative estimate of drug-likeness (QED) is 0.652. The molecule has 0 aromatic carbocycles. The molecular formula is C8H15N5O. The lowest BCUT2D eigenvalue weighted by molar-refractivity contribution is -0.122. The van der Waals surface area contributed by atoms with Crippen LogP contribution < -0.4 is 10.6 Å². The Labute approximate surface area is 82.7 Å². The molecule has 6 heteroatoms. The average Bonchev–Trinajstić information content (AvgIpc) is 2.59. The number of amides is 1. The number of likely N-dealkylation sites (N-methyl/N-ethyl adjacent to an activating group) is 1. The number of carbonyl (C=O) groups excluding carboxylic acids is 1. The highest BCUT2D eigenvalue weighted by atomic mass is 16.2. The van der Waals surface area contributed by atoms with E-state index in [0.717, 1.165) is 5.69 Å². The standard InChI is InChI=1S/C8H15N5O/c1-6(8(14)9-2)10-4-7-5-13(3)12-11-7/h5-6,10H,4H2,1-3H3,(H,9,14). The van der Waals surface area contributed by atoms with Crippen LogP contribution in [-0.4, -0.2) is 34.0 Å². The summed E-state index contributed by atoms with van der Waals surface area (Å²) in [4.78, 5) is 11.1. The fourth-order valence-electron chi connectivity index (χ4n) is 1.04. The molecule has 0 aliphatic rings. The maximum atomic E-state index is 11.1. The predicted molar refractivity (Wildman–Crippen MR) is 51.4 cm³/mol. The van der Waals surface area contributed by atoms with Crippen molar-refractivity contribution in [2.45, 2.75) is 19.5 Å². The average molecular weight is 197 g/mol. The Kier molecular flexibility index (Phi) is 3.58. The molecule has 1 unspecified atom stereocenters. The zero-order valence-electron chi connectivity index (χ0n) is 8.61. The second-order valence-corrected chi connectivity index (χ2v) is 3.10. The second kappa shape index (κ2) is 4.71. The van der Waals surface area contributed by atoms with Crippen LogP contribution in [0.1, 0.15) is 12.6 Å². The van der Waals surface area contributed by atoms with Crippen molar-refractivity contribution in [3.63, 3.8) is 0 Å². The first kappa shape index (κ1) is 10.6. The number of nitrogens with one attached hydrogen (secondary N) is 2. The molecule has 1 aromatic heterocycles. The fraction of sp³-hybridized carbons (Fsp3) is 0.625. The second-order valence-electron chi connectivity index (χ2n) is 3.10. The summed E-state index contributed by atoms with van der Waals surface area (Å²) in [5.41, 5.74) is 0.822. The summed E-state index contributed by atoms with van der Waals surface area (Å²) in [7, 11) is 3.42. The number of rotatable bonds is 4. The molecule has 1 heterocycles. The van der Waals surface area contributed by atoms with Crippen molar-refractivity contribution in [1.82, 2.24) is 25.6 Å². The van der Waals surface area contributed by atoms with Crippen molar-refractivity contribution in [3.05, 3.63) is 11.9 Å². The lowest BCUT2D eigenvalue weighted by Gasteiger charge is -2.10. The van der Waals surface area contributed by atoms with E-state index >= 15 is 0 Å². The molecule has 6 nitrogen and oxygen atoms in total. The van der Waals surface area contributed by atoms with Gasteiger partial charge in [0.05, 0.1) is 11.7 Å². The molecule has 0 saturated heterocycles. The van der Waals surface area contributed by atoms with E-state index in [0.29, 0.717) is 6.54 Å². The van der Waals surface area contributed by atoms with Gasteiger partial charge in [-0.25, -0.2) is 0 Å². The highest BCUT2D eigenvalue weighted by Gasteiger charge is 2.10. The Balaban J connectivity index is 2.37. The Morgan fingerprint density at radius 3 is 2.93 bits per heavy atom. The summed E-state index contributed by atoms with van der Waals surface area (Å²) >= 11 is 0. The van der Waals surface area contributed by atoms with Crippen LogP contribution in [0, 0.1) is 0 Å².